The van der Waals surface area contributed by atoms with Crippen LogP contribution in [0.3, 0.4) is 0 Å². The summed E-state index contributed by atoms with van der Waals surface area (Å²) in [5.74, 6) is 0.676. The van der Waals surface area contributed by atoms with E-state index in [2.05, 4.69) is 27.0 Å². The van der Waals surface area contributed by atoms with Crippen molar-refractivity contribution < 1.29 is 4.74 Å². The van der Waals surface area contributed by atoms with Gasteiger partial charge in [-0.25, -0.2) is 0 Å². The minimum atomic E-state index is 0.0615. The number of ether oxygens (including phenoxy) is 1. The highest BCUT2D eigenvalue weighted by molar-refractivity contribution is 5.35. The van der Waals surface area contributed by atoms with Crippen LogP contribution in [-0.4, -0.2) is 12.2 Å². The van der Waals surface area contributed by atoms with E-state index in [1.807, 2.05) is 6.08 Å². The second kappa shape index (κ2) is 2.02. The van der Waals surface area contributed by atoms with Crippen LogP contribution in [0.15, 0.2) is 24.8 Å². The van der Waals surface area contributed by atoms with Crippen LogP contribution in [0.5, 0.6) is 0 Å². The van der Waals surface area contributed by atoms with E-state index in [1.165, 1.54) is 6.42 Å². The van der Waals surface area contributed by atoms with Crippen LogP contribution < -0.4 is 0 Å². The zero-order valence-corrected chi connectivity index (χ0v) is 7.89. The predicted octanol–water partition coefficient (Wildman–Crippen LogP) is 2.54. The van der Waals surface area contributed by atoms with Gasteiger partial charge in [-0.2, -0.15) is 0 Å². The van der Waals surface area contributed by atoms with Gasteiger partial charge in [-0.1, -0.05) is 19.2 Å². The molecule has 0 spiro atoms. The molecule has 2 unspecified atom stereocenters. The lowest BCUT2D eigenvalue weighted by atomic mass is 9.92. The van der Waals surface area contributed by atoms with Gasteiger partial charge in [0.15, 0.2) is 0 Å². The number of fused-ring (bicyclic) bond motifs is 1. The highest BCUT2D eigenvalue weighted by Crippen LogP contribution is 2.67. The highest BCUT2D eigenvalue weighted by Gasteiger charge is 2.66. The molecule has 0 radical (unpaired) electrons. The Kier molecular flexibility index (Phi) is 1.36. The Bertz CT molecular complexity index is 252. The third-order valence-electron chi connectivity index (χ3n) is 3.50. The summed E-state index contributed by atoms with van der Waals surface area (Å²) in [6, 6.07) is 0. The molecule has 1 aliphatic carbocycles. The summed E-state index contributed by atoms with van der Waals surface area (Å²) in [5.41, 5.74) is 1.50. The zero-order valence-electron chi connectivity index (χ0n) is 7.89. The Morgan fingerprint density at radius 2 is 2.25 bits per heavy atom. The van der Waals surface area contributed by atoms with Crippen LogP contribution in [0.4, 0.5) is 0 Å². The van der Waals surface area contributed by atoms with Crippen molar-refractivity contribution >= 4 is 0 Å². The molecule has 1 heterocycles. The molecule has 2 rings (SSSR count). The fourth-order valence-corrected chi connectivity index (χ4v) is 2.44. The Labute approximate surface area is 74.1 Å². The average Bonchev–Trinajstić information content (AvgIpc) is 2.71. The first-order chi connectivity index (χ1) is 5.53. The fourth-order valence-electron chi connectivity index (χ4n) is 2.44. The molecule has 0 N–H and O–H groups in total. The molecule has 1 saturated carbocycles. The quantitative estimate of drug-likeness (QED) is 0.570. The Balaban J connectivity index is 2.22. The van der Waals surface area contributed by atoms with Gasteiger partial charge in [0.1, 0.15) is 0 Å². The van der Waals surface area contributed by atoms with Crippen LogP contribution in [0.1, 0.15) is 20.3 Å². The van der Waals surface area contributed by atoms with Crippen molar-refractivity contribution in [3.8, 4) is 0 Å². The molecular formula is C11H16O. The van der Waals surface area contributed by atoms with Crippen LogP contribution in [0.25, 0.3) is 0 Å². The largest absolute Gasteiger partial charge is 0.374 e. The van der Waals surface area contributed by atoms with Crippen LogP contribution >= 0.6 is 0 Å². The van der Waals surface area contributed by atoms with Crippen molar-refractivity contribution in [2.45, 2.75) is 25.9 Å². The van der Waals surface area contributed by atoms with Crippen molar-refractivity contribution in [1.29, 1.82) is 0 Å². The Morgan fingerprint density at radius 1 is 1.58 bits per heavy atom. The van der Waals surface area contributed by atoms with E-state index in [1.54, 1.807) is 0 Å². The van der Waals surface area contributed by atoms with E-state index in [-0.39, 0.29) is 11.0 Å². The van der Waals surface area contributed by atoms with Gasteiger partial charge in [0.25, 0.3) is 0 Å². The first-order valence-corrected chi connectivity index (χ1v) is 4.49. The molecule has 1 aliphatic heterocycles. The summed E-state index contributed by atoms with van der Waals surface area (Å²) in [4.78, 5) is 0. The maximum absolute atomic E-state index is 5.72. The minimum Gasteiger partial charge on any atom is -0.374 e. The van der Waals surface area contributed by atoms with E-state index in [0.29, 0.717) is 5.92 Å². The monoisotopic (exact) mass is 164 g/mol. The summed E-state index contributed by atoms with van der Waals surface area (Å²) in [7, 11) is 0. The van der Waals surface area contributed by atoms with Crippen molar-refractivity contribution in [1.82, 2.24) is 0 Å². The number of rotatable bonds is 2. The van der Waals surface area contributed by atoms with Crippen LogP contribution in [0.2, 0.25) is 0 Å². The van der Waals surface area contributed by atoms with Crippen molar-refractivity contribution in [2.75, 3.05) is 6.61 Å². The predicted molar refractivity (Wildman–Crippen MR) is 49.9 cm³/mol. The lowest BCUT2D eigenvalue weighted by Gasteiger charge is -2.18. The summed E-state index contributed by atoms with van der Waals surface area (Å²) in [6.45, 7) is 13.0. The van der Waals surface area contributed by atoms with Gasteiger partial charge < -0.3 is 4.74 Å². The lowest BCUT2D eigenvalue weighted by Crippen LogP contribution is -2.22. The normalized spacial score (nSPS) is 42.0. The fraction of sp³-hybridized carbons (Fsp3) is 0.636. The molecule has 12 heavy (non-hydrogen) atoms. The second-order valence-electron chi connectivity index (χ2n) is 4.53. The Hall–Kier alpha value is -0.560. The molecule has 0 bridgehead atoms. The minimum absolute atomic E-state index is 0.0615. The van der Waals surface area contributed by atoms with E-state index >= 15 is 0 Å². The zero-order chi connectivity index (χ0) is 8.98. The molecule has 0 amide bonds. The van der Waals surface area contributed by atoms with Crippen molar-refractivity contribution in [3.63, 3.8) is 0 Å². The summed E-state index contributed by atoms with van der Waals surface area (Å²) in [6.07, 6.45) is 3.12. The average molecular weight is 164 g/mol. The molecule has 2 aliphatic rings. The highest BCUT2D eigenvalue weighted by atomic mass is 16.5. The molecule has 0 aromatic heterocycles. The smallest absolute Gasteiger partial charge is 0.0664 e. The van der Waals surface area contributed by atoms with Gasteiger partial charge in [-0.05, 0) is 25.8 Å². The summed E-state index contributed by atoms with van der Waals surface area (Å²) >= 11 is 0. The second-order valence-corrected chi connectivity index (χ2v) is 4.53. The van der Waals surface area contributed by atoms with Gasteiger partial charge in [0.05, 0.1) is 12.2 Å². The molecule has 66 valence electrons. The Morgan fingerprint density at radius 3 is 2.58 bits per heavy atom. The summed E-state index contributed by atoms with van der Waals surface area (Å²) < 4.78 is 5.72. The molecule has 2 fully saturated rings. The first kappa shape index (κ1) is 8.06. The molecule has 1 nitrogen and oxygen atoms in total. The van der Waals surface area contributed by atoms with Crippen molar-refractivity contribution in [3.05, 3.63) is 24.8 Å². The van der Waals surface area contributed by atoms with E-state index < -0.39 is 0 Å². The topological polar surface area (TPSA) is 9.23 Å². The molecule has 1 heteroatoms. The summed E-state index contributed by atoms with van der Waals surface area (Å²) in [5, 5.41) is 0. The van der Waals surface area contributed by atoms with Gasteiger partial charge in [0, 0.05) is 11.3 Å². The van der Waals surface area contributed by atoms with Crippen molar-refractivity contribution in [2.24, 2.45) is 11.3 Å². The maximum atomic E-state index is 5.72. The van der Waals surface area contributed by atoms with Crippen LogP contribution in [0, 0.1) is 11.3 Å². The van der Waals surface area contributed by atoms with Gasteiger partial charge in [0.2, 0.25) is 0 Å². The SMILES string of the molecule is C=CC(=C)C12COC(C)(C)C1C2. The molecule has 1 saturated heterocycles. The van der Waals surface area contributed by atoms with Gasteiger partial charge in [-0.3, -0.25) is 0 Å². The third kappa shape index (κ3) is 0.776. The molecule has 2 atom stereocenters. The van der Waals surface area contributed by atoms with E-state index in [4.69, 9.17) is 4.74 Å². The first-order valence-electron chi connectivity index (χ1n) is 4.49. The van der Waals surface area contributed by atoms with E-state index in [9.17, 15) is 0 Å². The van der Waals surface area contributed by atoms with Gasteiger partial charge >= 0.3 is 0 Å². The molecule has 0 aromatic rings. The molecular weight excluding hydrogens is 148 g/mol. The van der Waals surface area contributed by atoms with E-state index in [0.717, 1.165) is 12.2 Å². The van der Waals surface area contributed by atoms with Crippen LogP contribution in [-0.2, 0) is 4.74 Å². The van der Waals surface area contributed by atoms with Gasteiger partial charge in [-0.15, -0.1) is 0 Å². The number of hydrogen-bond acceptors (Lipinski definition) is 1. The maximum Gasteiger partial charge on any atom is 0.0664 e. The number of allylic oxidation sites excluding steroid dienone is 1. The third-order valence-corrected chi connectivity index (χ3v) is 3.50. The standard InChI is InChI=1S/C11H16O/c1-5-8(2)11-6-9(11)10(3,4)12-7-11/h5,9H,1-2,6-7H2,3-4H3. The lowest BCUT2D eigenvalue weighted by molar-refractivity contribution is 0.00361. The molecule has 0 aromatic carbocycles. The number of hydrogen-bond donors (Lipinski definition) is 0.